The molecule has 0 radical (unpaired) electrons. The molecule has 5 nitrogen and oxygen atoms in total. The van der Waals surface area contributed by atoms with E-state index in [0.717, 1.165) is 37.4 Å². The van der Waals surface area contributed by atoms with Gasteiger partial charge in [-0.15, -0.1) is 0 Å². The lowest BCUT2D eigenvalue weighted by Crippen LogP contribution is -2.39. The second kappa shape index (κ2) is 7.13. The van der Waals surface area contributed by atoms with E-state index in [9.17, 15) is 10.1 Å². The van der Waals surface area contributed by atoms with Crippen LogP contribution in [0, 0.1) is 10.1 Å². The van der Waals surface area contributed by atoms with Crippen molar-refractivity contribution in [3.63, 3.8) is 0 Å². The number of hydrogen-bond donors (Lipinski definition) is 1. The molecule has 6 heteroatoms. The van der Waals surface area contributed by atoms with Gasteiger partial charge in [-0.2, -0.15) is 11.8 Å². The van der Waals surface area contributed by atoms with Crippen LogP contribution in [0.2, 0.25) is 0 Å². The molecule has 0 aliphatic carbocycles. The van der Waals surface area contributed by atoms with Gasteiger partial charge in [0.05, 0.1) is 4.92 Å². The number of rotatable bonds is 5. The van der Waals surface area contributed by atoms with Gasteiger partial charge in [0.1, 0.15) is 0 Å². The monoisotopic (exact) mass is 309 g/mol. The first-order valence-electron chi connectivity index (χ1n) is 7.38. The topological polar surface area (TPSA) is 58.4 Å². The van der Waals surface area contributed by atoms with Gasteiger partial charge in [-0.25, -0.2) is 0 Å². The van der Waals surface area contributed by atoms with E-state index >= 15 is 0 Å². The molecule has 1 saturated heterocycles. The Kier molecular flexibility index (Phi) is 5.47. The summed E-state index contributed by atoms with van der Waals surface area (Å²) >= 11 is 2.01. The summed E-state index contributed by atoms with van der Waals surface area (Å²) in [5.41, 5.74) is 2.18. The Bertz CT molecular complexity index is 500. The molecule has 0 bridgehead atoms. The first-order valence-corrected chi connectivity index (χ1v) is 8.33. The summed E-state index contributed by atoms with van der Waals surface area (Å²) in [5.74, 6) is 0. The van der Waals surface area contributed by atoms with Crippen LogP contribution in [0.1, 0.15) is 26.3 Å². The Balaban J connectivity index is 2.19. The minimum absolute atomic E-state index is 0.166. The van der Waals surface area contributed by atoms with E-state index in [1.54, 1.807) is 12.1 Å². The minimum Gasteiger partial charge on any atom is -0.385 e. The number of nitrogens with one attached hydrogen (secondary N) is 1. The van der Waals surface area contributed by atoms with Crippen molar-refractivity contribution in [3.8, 4) is 0 Å². The van der Waals surface area contributed by atoms with Gasteiger partial charge in [0, 0.05) is 54.5 Å². The smallest absolute Gasteiger partial charge is 0.269 e. The van der Waals surface area contributed by atoms with Gasteiger partial charge in [-0.1, -0.05) is 13.8 Å². The molecule has 1 aromatic carbocycles. The van der Waals surface area contributed by atoms with Crippen molar-refractivity contribution in [2.75, 3.05) is 25.0 Å². The van der Waals surface area contributed by atoms with Crippen LogP contribution in [0.25, 0.3) is 0 Å². The summed E-state index contributed by atoms with van der Waals surface area (Å²) in [6.07, 6.45) is 0. The molecule has 2 atom stereocenters. The number of nitrogens with zero attached hydrogens (tertiary/aromatic N) is 2. The highest BCUT2D eigenvalue weighted by atomic mass is 32.2. The SMILES string of the molecule is CCNc1ccc([N+](=O)[O-])cc1CN1CC(C)SC(C)C1. The lowest BCUT2D eigenvalue weighted by Gasteiger charge is -2.34. The summed E-state index contributed by atoms with van der Waals surface area (Å²) in [5, 5.41) is 15.5. The van der Waals surface area contributed by atoms with Crippen LogP contribution < -0.4 is 5.32 Å². The zero-order valence-corrected chi connectivity index (χ0v) is 13.7. The van der Waals surface area contributed by atoms with Crippen LogP contribution in [-0.4, -0.2) is 40.0 Å². The molecule has 1 aliphatic rings. The van der Waals surface area contributed by atoms with Crippen LogP contribution in [0.4, 0.5) is 11.4 Å². The quantitative estimate of drug-likeness (QED) is 0.667. The molecule has 1 N–H and O–H groups in total. The van der Waals surface area contributed by atoms with Gasteiger partial charge < -0.3 is 5.32 Å². The van der Waals surface area contributed by atoms with Gasteiger partial charge in [0.15, 0.2) is 0 Å². The van der Waals surface area contributed by atoms with Crippen molar-refractivity contribution >= 4 is 23.1 Å². The van der Waals surface area contributed by atoms with Crippen molar-refractivity contribution in [2.24, 2.45) is 0 Å². The molecule has 1 heterocycles. The molecular formula is C15H23N3O2S. The van der Waals surface area contributed by atoms with E-state index in [2.05, 4.69) is 24.1 Å². The molecule has 1 aromatic rings. The fraction of sp³-hybridized carbons (Fsp3) is 0.600. The molecule has 0 spiro atoms. The number of nitro benzene ring substituents is 1. The first-order chi connectivity index (χ1) is 9.99. The van der Waals surface area contributed by atoms with E-state index in [1.807, 2.05) is 24.8 Å². The molecular weight excluding hydrogens is 286 g/mol. The lowest BCUT2D eigenvalue weighted by molar-refractivity contribution is -0.384. The molecule has 0 aromatic heterocycles. The Hall–Kier alpha value is -1.27. The summed E-state index contributed by atoms with van der Waals surface area (Å²) < 4.78 is 0. The minimum atomic E-state index is -0.323. The standard InChI is InChI=1S/C15H23N3O2S/c1-4-16-15-6-5-14(18(19)20)7-13(15)10-17-8-11(2)21-12(3)9-17/h5-7,11-12,16H,4,8-10H2,1-3H3. The highest BCUT2D eigenvalue weighted by Crippen LogP contribution is 2.28. The summed E-state index contributed by atoms with van der Waals surface area (Å²) in [7, 11) is 0. The maximum Gasteiger partial charge on any atom is 0.269 e. The number of hydrogen-bond acceptors (Lipinski definition) is 5. The zero-order chi connectivity index (χ0) is 15.4. The Labute approximate surface area is 130 Å². The van der Waals surface area contributed by atoms with Crippen molar-refractivity contribution < 1.29 is 4.92 Å². The highest BCUT2D eigenvalue weighted by molar-refractivity contribution is 8.00. The largest absolute Gasteiger partial charge is 0.385 e. The van der Waals surface area contributed by atoms with Crippen molar-refractivity contribution in [3.05, 3.63) is 33.9 Å². The second-order valence-electron chi connectivity index (χ2n) is 5.58. The average Bonchev–Trinajstić information content (AvgIpc) is 2.39. The molecule has 1 fully saturated rings. The number of anilines is 1. The van der Waals surface area contributed by atoms with E-state index < -0.39 is 0 Å². The Morgan fingerprint density at radius 3 is 2.62 bits per heavy atom. The average molecular weight is 309 g/mol. The Morgan fingerprint density at radius 1 is 1.38 bits per heavy atom. The predicted octanol–water partition coefficient (Wildman–Crippen LogP) is 3.35. The molecule has 21 heavy (non-hydrogen) atoms. The maximum atomic E-state index is 11.0. The maximum absolute atomic E-state index is 11.0. The van der Waals surface area contributed by atoms with Crippen molar-refractivity contribution in [1.29, 1.82) is 0 Å². The van der Waals surface area contributed by atoms with Crippen LogP contribution in [0.15, 0.2) is 18.2 Å². The molecule has 0 amide bonds. The van der Waals surface area contributed by atoms with E-state index in [4.69, 9.17) is 0 Å². The van der Waals surface area contributed by atoms with Gasteiger partial charge in [-0.3, -0.25) is 15.0 Å². The van der Waals surface area contributed by atoms with Crippen molar-refractivity contribution in [2.45, 2.75) is 37.8 Å². The number of thioether (sulfide) groups is 1. The summed E-state index contributed by atoms with van der Waals surface area (Å²) in [4.78, 5) is 13.1. The van der Waals surface area contributed by atoms with Gasteiger partial charge in [-0.05, 0) is 18.6 Å². The normalized spacial score (nSPS) is 23.0. The number of non-ortho nitro benzene ring substituents is 1. The lowest BCUT2D eigenvalue weighted by atomic mass is 10.1. The zero-order valence-electron chi connectivity index (χ0n) is 12.8. The van der Waals surface area contributed by atoms with Crippen molar-refractivity contribution in [1.82, 2.24) is 4.90 Å². The van der Waals surface area contributed by atoms with E-state index in [0.29, 0.717) is 10.5 Å². The summed E-state index contributed by atoms with van der Waals surface area (Å²) in [6, 6.07) is 5.09. The third-order valence-corrected chi connectivity index (χ3v) is 4.78. The second-order valence-corrected chi connectivity index (χ2v) is 7.46. The van der Waals surface area contributed by atoms with Gasteiger partial charge >= 0.3 is 0 Å². The van der Waals surface area contributed by atoms with Gasteiger partial charge in [0.2, 0.25) is 0 Å². The van der Waals surface area contributed by atoms with Gasteiger partial charge in [0.25, 0.3) is 5.69 Å². The fourth-order valence-corrected chi connectivity index (χ4v) is 4.23. The fourth-order valence-electron chi connectivity index (χ4n) is 2.84. The van der Waals surface area contributed by atoms with E-state index in [-0.39, 0.29) is 10.6 Å². The third kappa shape index (κ3) is 4.35. The molecule has 2 unspecified atom stereocenters. The molecule has 0 saturated carbocycles. The van der Waals surface area contributed by atoms with Crippen LogP contribution in [-0.2, 0) is 6.54 Å². The first kappa shape index (κ1) is 16.1. The van der Waals surface area contributed by atoms with E-state index in [1.165, 1.54) is 0 Å². The van der Waals surface area contributed by atoms with Crippen LogP contribution in [0.3, 0.4) is 0 Å². The molecule has 2 rings (SSSR count). The number of benzene rings is 1. The third-order valence-electron chi connectivity index (χ3n) is 3.56. The highest BCUT2D eigenvalue weighted by Gasteiger charge is 2.23. The Morgan fingerprint density at radius 2 is 2.05 bits per heavy atom. The molecule has 116 valence electrons. The predicted molar refractivity (Wildman–Crippen MR) is 89.1 cm³/mol. The molecule has 1 aliphatic heterocycles. The van der Waals surface area contributed by atoms with Crippen LogP contribution in [0.5, 0.6) is 0 Å². The van der Waals surface area contributed by atoms with Crippen LogP contribution >= 0.6 is 11.8 Å². The number of nitro groups is 1. The summed E-state index contributed by atoms with van der Waals surface area (Å²) in [6.45, 7) is 10.2.